The van der Waals surface area contributed by atoms with E-state index < -0.39 is 11.6 Å². The average molecular weight is 251 g/mol. The molecule has 0 aliphatic carbocycles. The van der Waals surface area contributed by atoms with Gasteiger partial charge in [0.25, 0.3) is 0 Å². The predicted molar refractivity (Wildman–Crippen MR) is 66.3 cm³/mol. The summed E-state index contributed by atoms with van der Waals surface area (Å²) in [5.41, 5.74) is 3.22. The summed E-state index contributed by atoms with van der Waals surface area (Å²) in [7, 11) is 1.88. The van der Waals surface area contributed by atoms with Crippen molar-refractivity contribution in [1.29, 1.82) is 0 Å². The molecule has 18 heavy (non-hydrogen) atoms. The number of halogens is 2. The highest BCUT2D eigenvalue weighted by atomic mass is 19.2. The van der Waals surface area contributed by atoms with Gasteiger partial charge in [-0.2, -0.15) is 5.10 Å². The Bertz CT molecular complexity index is 549. The Labute approximate surface area is 104 Å². The minimum Gasteiger partial charge on any atom is -0.319 e. The number of hydrogen-bond acceptors (Lipinski definition) is 2. The van der Waals surface area contributed by atoms with Crippen molar-refractivity contribution in [1.82, 2.24) is 15.5 Å². The van der Waals surface area contributed by atoms with E-state index >= 15 is 0 Å². The Morgan fingerprint density at radius 2 is 2.06 bits per heavy atom. The van der Waals surface area contributed by atoms with Crippen LogP contribution in [0.25, 0.3) is 11.3 Å². The third kappa shape index (κ3) is 2.41. The van der Waals surface area contributed by atoms with Crippen molar-refractivity contribution in [3.63, 3.8) is 0 Å². The topological polar surface area (TPSA) is 40.7 Å². The molecule has 5 heteroatoms. The van der Waals surface area contributed by atoms with E-state index in [1.165, 1.54) is 12.1 Å². The lowest BCUT2D eigenvalue weighted by Gasteiger charge is -2.01. The summed E-state index contributed by atoms with van der Waals surface area (Å²) >= 11 is 0. The highest BCUT2D eigenvalue weighted by molar-refractivity contribution is 5.63. The molecule has 0 fully saturated rings. The standard InChI is InChI=1S/C13H15F2N3/c1-8-12(5-6-16-2)17-18-13(8)9-3-4-10(14)11(15)7-9/h3-4,7,16H,5-6H2,1-2H3,(H,17,18). The van der Waals surface area contributed by atoms with Gasteiger partial charge in [-0.05, 0) is 37.7 Å². The minimum atomic E-state index is -0.855. The van der Waals surface area contributed by atoms with E-state index in [0.29, 0.717) is 11.3 Å². The smallest absolute Gasteiger partial charge is 0.159 e. The van der Waals surface area contributed by atoms with E-state index in [0.717, 1.165) is 30.3 Å². The summed E-state index contributed by atoms with van der Waals surface area (Å²) in [6.45, 7) is 2.76. The molecule has 2 N–H and O–H groups in total. The summed E-state index contributed by atoms with van der Waals surface area (Å²) in [6.07, 6.45) is 0.818. The fourth-order valence-electron chi connectivity index (χ4n) is 1.85. The molecule has 0 saturated carbocycles. The number of hydrogen-bond donors (Lipinski definition) is 2. The van der Waals surface area contributed by atoms with Crippen LogP contribution in [0.5, 0.6) is 0 Å². The maximum atomic E-state index is 13.2. The molecule has 2 rings (SSSR count). The van der Waals surface area contributed by atoms with Gasteiger partial charge in [0.1, 0.15) is 0 Å². The van der Waals surface area contributed by atoms with Gasteiger partial charge in [-0.25, -0.2) is 8.78 Å². The predicted octanol–water partition coefficient (Wildman–Crippen LogP) is 2.43. The number of likely N-dealkylation sites (N-methyl/N-ethyl adjacent to an activating group) is 1. The molecule has 1 aromatic heterocycles. The molecule has 0 atom stereocenters. The normalized spacial score (nSPS) is 10.9. The Kier molecular flexibility index (Phi) is 3.72. The zero-order valence-corrected chi connectivity index (χ0v) is 10.3. The number of benzene rings is 1. The molecular formula is C13H15F2N3. The highest BCUT2D eigenvalue weighted by Crippen LogP contribution is 2.24. The van der Waals surface area contributed by atoms with Gasteiger partial charge in [-0.1, -0.05) is 0 Å². The SMILES string of the molecule is CNCCc1[nH]nc(-c2ccc(F)c(F)c2)c1C. The minimum absolute atomic E-state index is 0.582. The van der Waals surface area contributed by atoms with Gasteiger partial charge in [0.2, 0.25) is 0 Å². The molecule has 3 nitrogen and oxygen atoms in total. The first kappa shape index (κ1) is 12.7. The molecular weight excluding hydrogens is 236 g/mol. The molecule has 96 valence electrons. The zero-order chi connectivity index (χ0) is 13.1. The second kappa shape index (κ2) is 5.27. The Morgan fingerprint density at radius 3 is 2.72 bits per heavy atom. The average Bonchev–Trinajstić information content (AvgIpc) is 2.72. The maximum absolute atomic E-state index is 13.2. The van der Waals surface area contributed by atoms with Crippen LogP contribution in [0.1, 0.15) is 11.3 Å². The van der Waals surface area contributed by atoms with Crippen LogP contribution in [0.2, 0.25) is 0 Å². The molecule has 0 unspecified atom stereocenters. The van der Waals surface area contributed by atoms with Crippen LogP contribution in [0.4, 0.5) is 8.78 Å². The largest absolute Gasteiger partial charge is 0.319 e. The first-order chi connectivity index (χ1) is 8.63. The third-order valence-electron chi connectivity index (χ3n) is 2.93. The van der Waals surface area contributed by atoms with Crippen LogP contribution in [0, 0.1) is 18.6 Å². The number of nitrogens with one attached hydrogen (secondary N) is 2. The second-order valence-corrected chi connectivity index (χ2v) is 4.16. The molecule has 2 aromatic rings. The fourth-order valence-corrected chi connectivity index (χ4v) is 1.85. The molecule has 0 aliphatic heterocycles. The molecule has 1 aromatic carbocycles. The Morgan fingerprint density at radius 1 is 1.28 bits per heavy atom. The summed E-state index contributed by atoms with van der Waals surface area (Å²) in [4.78, 5) is 0. The first-order valence-corrected chi connectivity index (χ1v) is 5.77. The lowest BCUT2D eigenvalue weighted by molar-refractivity contribution is 0.509. The fraction of sp³-hybridized carbons (Fsp3) is 0.308. The van der Waals surface area contributed by atoms with Crippen molar-refractivity contribution in [2.75, 3.05) is 13.6 Å². The van der Waals surface area contributed by atoms with Gasteiger partial charge in [0.15, 0.2) is 11.6 Å². The van der Waals surface area contributed by atoms with Gasteiger partial charge in [-0.15, -0.1) is 0 Å². The molecule has 1 heterocycles. The number of nitrogens with zero attached hydrogens (tertiary/aromatic N) is 1. The number of H-pyrrole nitrogens is 1. The quantitative estimate of drug-likeness (QED) is 0.876. The van der Waals surface area contributed by atoms with Crippen LogP contribution in [-0.2, 0) is 6.42 Å². The van der Waals surface area contributed by atoms with E-state index in [9.17, 15) is 8.78 Å². The molecule has 0 spiro atoms. The molecule has 0 bridgehead atoms. The summed E-state index contributed by atoms with van der Waals surface area (Å²) in [5, 5.41) is 10.2. The first-order valence-electron chi connectivity index (χ1n) is 5.77. The van der Waals surface area contributed by atoms with Crippen LogP contribution in [0.15, 0.2) is 18.2 Å². The van der Waals surface area contributed by atoms with E-state index in [4.69, 9.17) is 0 Å². The Hall–Kier alpha value is -1.75. The van der Waals surface area contributed by atoms with Crippen LogP contribution < -0.4 is 5.32 Å². The third-order valence-corrected chi connectivity index (χ3v) is 2.93. The molecule has 0 aliphatic rings. The summed E-state index contributed by atoms with van der Waals surface area (Å²) in [5.74, 6) is -1.70. The second-order valence-electron chi connectivity index (χ2n) is 4.16. The van der Waals surface area contributed by atoms with Crippen molar-refractivity contribution >= 4 is 0 Å². The van der Waals surface area contributed by atoms with E-state index in [2.05, 4.69) is 15.5 Å². The van der Waals surface area contributed by atoms with Gasteiger partial charge >= 0.3 is 0 Å². The van der Waals surface area contributed by atoms with E-state index in [1.807, 2.05) is 14.0 Å². The number of aromatic nitrogens is 2. The molecule has 0 amide bonds. The van der Waals surface area contributed by atoms with Crippen molar-refractivity contribution in [3.05, 3.63) is 41.1 Å². The van der Waals surface area contributed by atoms with Crippen molar-refractivity contribution in [2.24, 2.45) is 0 Å². The van der Waals surface area contributed by atoms with Gasteiger partial charge in [0, 0.05) is 24.2 Å². The van der Waals surface area contributed by atoms with Crippen LogP contribution in [-0.4, -0.2) is 23.8 Å². The van der Waals surface area contributed by atoms with Crippen molar-refractivity contribution in [3.8, 4) is 11.3 Å². The number of rotatable bonds is 4. The van der Waals surface area contributed by atoms with Crippen LogP contribution >= 0.6 is 0 Å². The zero-order valence-electron chi connectivity index (χ0n) is 10.3. The summed E-state index contributed by atoms with van der Waals surface area (Å²) in [6, 6.07) is 3.82. The number of aromatic amines is 1. The van der Waals surface area contributed by atoms with Crippen LogP contribution in [0.3, 0.4) is 0 Å². The lowest BCUT2D eigenvalue weighted by Crippen LogP contribution is -2.11. The van der Waals surface area contributed by atoms with Crippen molar-refractivity contribution in [2.45, 2.75) is 13.3 Å². The van der Waals surface area contributed by atoms with E-state index in [-0.39, 0.29) is 0 Å². The summed E-state index contributed by atoms with van der Waals surface area (Å²) < 4.78 is 26.1. The monoisotopic (exact) mass is 251 g/mol. The van der Waals surface area contributed by atoms with E-state index in [1.54, 1.807) is 0 Å². The maximum Gasteiger partial charge on any atom is 0.159 e. The van der Waals surface area contributed by atoms with Gasteiger partial charge in [-0.3, -0.25) is 5.10 Å². The van der Waals surface area contributed by atoms with Gasteiger partial charge < -0.3 is 5.32 Å². The molecule has 0 saturated heterocycles. The highest BCUT2D eigenvalue weighted by Gasteiger charge is 2.12. The lowest BCUT2D eigenvalue weighted by atomic mass is 10.1. The van der Waals surface area contributed by atoms with Crippen molar-refractivity contribution < 1.29 is 8.78 Å². The Balaban J connectivity index is 2.33. The molecule has 0 radical (unpaired) electrons. The van der Waals surface area contributed by atoms with Gasteiger partial charge in [0.05, 0.1) is 5.69 Å².